The monoisotopic (exact) mass is 496 g/mol. The zero-order valence-corrected chi connectivity index (χ0v) is 19.5. The van der Waals surface area contributed by atoms with Crippen LogP contribution in [0.1, 0.15) is 59.3 Å². The van der Waals surface area contributed by atoms with Crippen molar-refractivity contribution in [3.8, 4) is 0 Å². The Morgan fingerprint density at radius 2 is 1.63 bits per heavy atom. The van der Waals surface area contributed by atoms with Crippen molar-refractivity contribution >= 4 is 36.0 Å². The van der Waals surface area contributed by atoms with Crippen LogP contribution in [-0.2, 0) is 9.47 Å². The number of amides is 1. The van der Waals surface area contributed by atoms with E-state index in [2.05, 4.69) is 20.9 Å². The highest BCUT2D eigenvalue weighted by Gasteiger charge is 2.25. The standard InChI is InChI=1S/C19H36N4O3.HI/c1-19(2,3)26-18(24)23-16-9-7-15(8-10-16)22-17(20-4)21-11-12-25-13-14-5-6-14;/h14-16H,5-13H2,1-4H3,(H,23,24)(H2,20,21,22);1H. The molecule has 0 radical (unpaired) electrons. The van der Waals surface area contributed by atoms with E-state index in [0.717, 1.165) is 50.7 Å². The maximum absolute atomic E-state index is 11.9. The predicted octanol–water partition coefficient (Wildman–Crippen LogP) is 3.03. The molecular formula is C19H37IN4O3. The van der Waals surface area contributed by atoms with E-state index in [4.69, 9.17) is 9.47 Å². The molecule has 158 valence electrons. The quantitative estimate of drug-likeness (QED) is 0.219. The molecule has 2 rings (SSSR count). The molecule has 0 heterocycles. The van der Waals surface area contributed by atoms with Gasteiger partial charge in [-0.05, 0) is 65.2 Å². The van der Waals surface area contributed by atoms with Crippen LogP contribution < -0.4 is 16.0 Å². The Labute approximate surface area is 180 Å². The predicted molar refractivity (Wildman–Crippen MR) is 119 cm³/mol. The summed E-state index contributed by atoms with van der Waals surface area (Å²) in [6.45, 7) is 8.00. The van der Waals surface area contributed by atoms with Crippen LogP contribution in [0.2, 0.25) is 0 Å². The molecular weight excluding hydrogens is 459 g/mol. The third kappa shape index (κ3) is 11.0. The third-order valence-electron chi connectivity index (χ3n) is 4.60. The minimum absolute atomic E-state index is 0. The number of carbonyl (C=O) groups excluding carboxylic acids is 1. The number of ether oxygens (including phenoxy) is 2. The molecule has 0 saturated heterocycles. The van der Waals surface area contributed by atoms with Gasteiger partial charge in [0.25, 0.3) is 0 Å². The molecule has 0 aromatic carbocycles. The average molecular weight is 496 g/mol. The first-order valence-corrected chi connectivity index (χ1v) is 9.90. The molecule has 0 bridgehead atoms. The van der Waals surface area contributed by atoms with Crippen molar-refractivity contribution in [1.82, 2.24) is 16.0 Å². The van der Waals surface area contributed by atoms with Gasteiger partial charge in [-0.1, -0.05) is 0 Å². The van der Waals surface area contributed by atoms with Crippen molar-refractivity contribution in [2.75, 3.05) is 26.8 Å². The van der Waals surface area contributed by atoms with Gasteiger partial charge >= 0.3 is 6.09 Å². The number of halogens is 1. The van der Waals surface area contributed by atoms with Gasteiger partial charge in [0.2, 0.25) is 0 Å². The van der Waals surface area contributed by atoms with E-state index in [0.29, 0.717) is 12.6 Å². The molecule has 7 nitrogen and oxygen atoms in total. The Kier molecular flexibility index (Phi) is 10.7. The lowest BCUT2D eigenvalue weighted by molar-refractivity contribution is 0.0490. The summed E-state index contributed by atoms with van der Waals surface area (Å²) in [6.07, 6.45) is 6.21. The smallest absolute Gasteiger partial charge is 0.407 e. The second kappa shape index (κ2) is 11.9. The summed E-state index contributed by atoms with van der Waals surface area (Å²) in [5, 5.41) is 9.75. The van der Waals surface area contributed by atoms with Crippen molar-refractivity contribution < 1.29 is 14.3 Å². The van der Waals surface area contributed by atoms with Gasteiger partial charge in [-0.3, -0.25) is 4.99 Å². The lowest BCUT2D eigenvalue weighted by Crippen LogP contribution is -2.48. The van der Waals surface area contributed by atoms with Crippen LogP contribution in [-0.4, -0.2) is 56.5 Å². The SMILES string of the molecule is CN=C(NCCOCC1CC1)NC1CCC(NC(=O)OC(C)(C)C)CC1.I. The van der Waals surface area contributed by atoms with Crippen molar-refractivity contribution in [2.24, 2.45) is 10.9 Å². The van der Waals surface area contributed by atoms with Gasteiger partial charge in [-0.2, -0.15) is 0 Å². The van der Waals surface area contributed by atoms with Crippen LogP contribution in [0.4, 0.5) is 4.79 Å². The summed E-state index contributed by atoms with van der Waals surface area (Å²) in [6, 6.07) is 0.568. The number of alkyl carbamates (subject to hydrolysis) is 1. The first kappa shape index (κ1) is 24.3. The molecule has 2 saturated carbocycles. The van der Waals surface area contributed by atoms with Crippen LogP contribution in [0.5, 0.6) is 0 Å². The Balaban J connectivity index is 0.00000364. The Hall–Kier alpha value is -0.770. The minimum atomic E-state index is -0.455. The molecule has 1 amide bonds. The summed E-state index contributed by atoms with van der Waals surface area (Å²) in [7, 11) is 1.79. The number of aliphatic imine (C=N–C) groups is 1. The summed E-state index contributed by atoms with van der Waals surface area (Å²) < 4.78 is 11.0. The fourth-order valence-electron chi connectivity index (χ4n) is 3.02. The molecule has 3 N–H and O–H groups in total. The molecule has 0 spiro atoms. The van der Waals surface area contributed by atoms with Gasteiger partial charge in [0.05, 0.1) is 6.61 Å². The Morgan fingerprint density at radius 3 is 2.15 bits per heavy atom. The maximum Gasteiger partial charge on any atom is 0.407 e. The van der Waals surface area contributed by atoms with Gasteiger partial charge in [0.1, 0.15) is 5.60 Å². The lowest BCUT2D eigenvalue weighted by atomic mass is 9.91. The maximum atomic E-state index is 11.9. The molecule has 27 heavy (non-hydrogen) atoms. The number of hydrogen-bond acceptors (Lipinski definition) is 4. The van der Waals surface area contributed by atoms with E-state index in [9.17, 15) is 4.79 Å². The zero-order chi connectivity index (χ0) is 19.0. The van der Waals surface area contributed by atoms with E-state index in [1.54, 1.807) is 7.05 Å². The highest BCUT2D eigenvalue weighted by molar-refractivity contribution is 14.0. The molecule has 0 unspecified atom stereocenters. The van der Waals surface area contributed by atoms with Crippen LogP contribution in [0, 0.1) is 5.92 Å². The molecule has 0 atom stereocenters. The first-order valence-electron chi connectivity index (χ1n) is 9.90. The van der Waals surface area contributed by atoms with E-state index in [-0.39, 0.29) is 36.1 Å². The number of rotatable bonds is 7. The van der Waals surface area contributed by atoms with Gasteiger partial charge in [0, 0.05) is 32.3 Å². The third-order valence-corrected chi connectivity index (χ3v) is 4.60. The topological polar surface area (TPSA) is 84.0 Å². The normalized spacial score (nSPS) is 23.2. The van der Waals surface area contributed by atoms with Crippen LogP contribution in [0.3, 0.4) is 0 Å². The second-order valence-electron chi connectivity index (χ2n) is 8.36. The van der Waals surface area contributed by atoms with Crippen LogP contribution in [0.15, 0.2) is 4.99 Å². The second-order valence-corrected chi connectivity index (χ2v) is 8.36. The zero-order valence-electron chi connectivity index (χ0n) is 17.2. The van der Waals surface area contributed by atoms with Crippen molar-refractivity contribution in [1.29, 1.82) is 0 Å². The van der Waals surface area contributed by atoms with E-state index in [1.807, 2.05) is 20.8 Å². The molecule has 0 aromatic rings. The molecule has 2 fully saturated rings. The number of carbonyl (C=O) groups is 1. The number of hydrogen-bond donors (Lipinski definition) is 3. The summed E-state index contributed by atoms with van der Waals surface area (Å²) >= 11 is 0. The average Bonchev–Trinajstić information content (AvgIpc) is 3.37. The largest absolute Gasteiger partial charge is 0.444 e. The van der Waals surface area contributed by atoms with Crippen LogP contribution >= 0.6 is 24.0 Å². The summed E-state index contributed by atoms with van der Waals surface area (Å²) in [4.78, 5) is 16.1. The molecule has 0 aliphatic heterocycles. The number of guanidine groups is 1. The Morgan fingerprint density at radius 1 is 1.04 bits per heavy atom. The van der Waals surface area contributed by atoms with Gasteiger partial charge in [0.15, 0.2) is 5.96 Å². The minimum Gasteiger partial charge on any atom is -0.444 e. The van der Waals surface area contributed by atoms with E-state index >= 15 is 0 Å². The van der Waals surface area contributed by atoms with Gasteiger partial charge in [-0.25, -0.2) is 4.79 Å². The van der Waals surface area contributed by atoms with Gasteiger partial charge in [-0.15, -0.1) is 24.0 Å². The molecule has 2 aliphatic carbocycles. The molecule has 0 aromatic heterocycles. The van der Waals surface area contributed by atoms with E-state index < -0.39 is 5.60 Å². The summed E-state index contributed by atoms with van der Waals surface area (Å²) in [5.41, 5.74) is -0.455. The highest BCUT2D eigenvalue weighted by Crippen LogP contribution is 2.28. The first-order chi connectivity index (χ1) is 12.4. The van der Waals surface area contributed by atoms with Crippen molar-refractivity contribution in [2.45, 2.75) is 77.0 Å². The molecule has 2 aliphatic rings. The van der Waals surface area contributed by atoms with Crippen molar-refractivity contribution in [3.05, 3.63) is 0 Å². The highest BCUT2D eigenvalue weighted by atomic mass is 127. The lowest BCUT2D eigenvalue weighted by Gasteiger charge is -2.31. The Bertz CT molecular complexity index is 470. The number of nitrogens with one attached hydrogen (secondary N) is 3. The summed E-state index contributed by atoms with van der Waals surface area (Å²) in [5.74, 6) is 1.63. The van der Waals surface area contributed by atoms with Crippen LogP contribution in [0.25, 0.3) is 0 Å². The van der Waals surface area contributed by atoms with E-state index in [1.165, 1.54) is 12.8 Å². The number of nitrogens with zero attached hydrogens (tertiary/aromatic N) is 1. The van der Waals surface area contributed by atoms with Crippen molar-refractivity contribution in [3.63, 3.8) is 0 Å². The fourth-order valence-corrected chi connectivity index (χ4v) is 3.02. The molecule has 8 heteroatoms. The van der Waals surface area contributed by atoms with Gasteiger partial charge < -0.3 is 25.4 Å². The fraction of sp³-hybridized carbons (Fsp3) is 0.895.